The van der Waals surface area contributed by atoms with Gasteiger partial charge in [-0.25, -0.2) is 9.97 Å². The van der Waals surface area contributed by atoms with E-state index in [1.165, 1.54) is 0 Å². The lowest BCUT2D eigenvalue weighted by Gasteiger charge is -2.40. The number of fused-ring (bicyclic) bond motifs is 1. The van der Waals surface area contributed by atoms with Gasteiger partial charge in [0.2, 0.25) is 5.95 Å². The van der Waals surface area contributed by atoms with Crippen molar-refractivity contribution < 1.29 is 0 Å². The Morgan fingerprint density at radius 2 is 1.90 bits per heavy atom. The highest BCUT2D eigenvalue weighted by Crippen LogP contribution is 2.25. The van der Waals surface area contributed by atoms with Gasteiger partial charge >= 0.3 is 0 Å². The summed E-state index contributed by atoms with van der Waals surface area (Å²) in [6.45, 7) is 4.43. The van der Waals surface area contributed by atoms with Crippen molar-refractivity contribution in [1.29, 1.82) is 5.41 Å². The summed E-state index contributed by atoms with van der Waals surface area (Å²) in [4.78, 5) is 13.5. The number of nitrogens with two attached hydrogens (primary N) is 1. The van der Waals surface area contributed by atoms with E-state index in [0.717, 1.165) is 43.4 Å². The number of hydrogen-bond acceptors (Lipinski definition) is 4. The van der Waals surface area contributed by atoms with Gasteiger partial charge in [0, 0.05) is 25.7 Å². The Labute approximate surface area is 124 Å². The first-order valence-corrected chi connectivity index (χ1v) is 7.27. The summed E-state index contributed by atoms with van der Waals surface area (Å²) in [5.74, 6) is 0.931. The topological polar surface area (TPSA) is 82.1 Å². The van der Waals surface area contributed by atoms with E-state index < -0.39 is 0 Å². The normalized spacial score (nSPS) is 19.0. The molecule has 0 amide bonds. The second kappa shape index (κ2) is 5.55. The molecule has 1 aliphatic carbocycles. The van der Waals surface area contributed by atoms with Gasteiger partial charge in [-0.1, -0.05) is 25.1 Å². The summed E-state index contributed by atoms with van der Waals surface area (Å²) >= 11 is 0. The van der Waals surface area contributed by atoms with Crippen LogP contribution in [0.4, 0.5) is 5.95 Å². The Morgan fingerprint density at radius 1 is 1.24 bits per heavy atom. The Bertz CT molecular complexity index is 582. The zero-order valence-electron chi connectivity index (χ0n) is 12.2. The second-order valence-electron chi connectivity index (χ2n) is 5.29. The minimum absolute atomic E-state index is 0.147. The third-order valence-corrected chi connectivity index (χ3v) is 3.99. The molecular weight excluding hydrogens is 264 g/mol. The smallest absolute Gasteiger partial charge is 0.226 e. The van der Waals surface area contributed by atoms with Crippen LogP contribution in [0.2, 0.25) is 0 Å². The van der Waals surface area contributed by atoms with Crippen LogP contribution in [-0.4, -0.2) is 46.5 Å². The number of imidazole rings is 1. The van der Waals surface area contributed by atoms with E-state index in [2.05, 4.69) is 21.8 Å². The molecule has 2 heterocycles. The number of piperazine rings is 1. The van der Waals surface area contributed by atoms with Crippen molar-refractivity contribution in [3.63, 3.8) is 0 Å². The van der Waals surface area contributed by atoms with Gasteiger partial charge in [0.1, 0.15) is 0 Å². The zero-order chi connectivity index (χ0) is 14.8. The monoisotopic (exact) mass is 284 g/mol. The molecule has 3 N–H and O–H groups in total. The van der Waals surface area contributed by atoms with Gasteiger partial charge in [-0.15, -0.1) is 0 Å². The number of nitrogens with zero attached hydrogens (tertiary/aromatic N) is 4. The molecule has 6 nitrogen and oxygen atoms in total. The van der Waals surface area contributed by atoms with Crippen LogP contribution in [-0.2, 0) is 0 Å². The van der Waals surface area contributed by atoms with Crippen LogP contribution in [0.15, 0.2) is 30.3 Å². The number of hydrogen-bond donors (Lipinski definition) is 2. The molecule has 1 atom stereocenters. The molecule has 0 aromatic heterocycles. The molecule has 110 valence electrons. The molecule has 1 fully saturated rings. The van der Waals surface area contributed by atoms with E-state index in [0.29, 0.717) is 0 Å². The highest BCUT2D eigenvalue weighted by atomic mass is 15.4. The predicted octanol–water partition coefficient (Wildman–Crippen LogP) is 1.38. The molecule has 0 bridgehead atoms. The van der Waals surface area contributed by atoms with E-state index in [-0.39, 0.29) is 12.0 Å². The summed E-state index contributed by atoms with van der Waals surface area (Å²) in [7, 11) is 0. The van der Waals surface area contributed by atoms with Crippen LogP contribution in [0.3, 0.4) is 0 Å². The van der Waals surface area contributed by atoms with E-state index in [1.54, 1.807) is 0 Å². The summed E-state index contributed by atoms with van der Waals surface area (Å²) in [6.07, 6.45) is 0.975. The van der Waals surface area contributed by atoms with E-state index in [4.69, 9.17) is 11.1 Å². The molecule has 0 radical (unpaired) electrons. The molecule has 0 spiro atoms. The fourth-order valence-electron chi connectivity index (χ4n) is 2.77. The van der Waals surface area contributed by atoms with Crippen LogP contribution in [0.1, 0.15) is 13.3 Å². The molecule has 0 aromatic rings. The molecule has 0 saturated carbocycles. The third-order valence-electron chi connectivity index (χ3n) is 3.99. The summed E-state index contributed by atoms with van der Waals surface area (Å²) in [5.41, 5.74) is 7.43. The number of anilines is 1. The fourth-order valence-corrected chi connectivity index (χ4v) is 2.77. The van der Waals surface area contributed by atoms with Gasteiger partial charge in [0.05, 0.1) is 11.4 Å². The van der Waals surface area contributed by atoms with Gasteiger partial charge in [0.25, 0.3) is 0 Å². The summed E-state index contributed by atoms with van der Waals surface area (Å²) in [6, 6.07) is 10.2. The molecule has 6 heteroatoms. The molecule has 1 unspecified atom stereocenters. The van der Waals surface area contributed by atoms with Crippen LogP contribution in [0, 0.1) is 5.41 Å². The maximum Gasteiger partial charge on any atom is 0.226 e. The first-order valence-electron chi connectivity index (χ1n) is 7.27. The molecule has 3 rings (SSSR count). The average molecular weight is 284 g/mol. The van der Waals surface area contributed by atoms with Crippen molar-refractivity contribution in [2.24, 2.45) is 5.73 Å². The fraction of sp³-hybridized carbons (Fsp3) is 0.400. The van der Waals surface area contributed by atoms with Crippen LogP contribution in [0.5, 0.6) is 0 Å². The molecule has 3 aliphatic rings. The summed E-state index contributed by atoms with van der Waals surface area (Å²) in [5, 5.41) is 7.59. The van der Waals surface area contributed by atoms with E-state index >= 15 is 0 Å². The maximum absolute atomic E-state index is 7.59. The lowest BCUT2D eigenvalue weighted by molar-refractivity contribution is 0.315. The molecular formula is C15H20N6. The van der Waals surface area contributed by atoms with Crippen molar-refractivity contribution >= 4 is 11.9 Å². The Kier molecular flexibility index (Phi) is 3.60. The largest absolute Gasteiger partial charge is 0.370 e. The zero-order valence-corrected chi connectivity index (χ0v) is 12.2. The minimum atomic E-state index is 0.147. The molecule has 2 aliphatic heterocycles. The Hall–Kier alpha value is -2.37. The first kappa shape index (κ1) is 13.6. The van der Waals surface area contributed by atoms with Gasteiger partial charge in [-0.3, -0.25) is 5.41 Å². The second-order valence-corrected chi connectivity index (χ2v) is 5.29. The lowest BCUT2D eigenvalue weighted by atomic mass is 10.1. The number of guanidine groups is 1. The third kappa shape index (κ3) is 2.61. The number of rotatable bonds is 2. The van der Waals surface area contributed by atoms with E-state index in [1.807, 2.05) is 35.2 Å². The molecule has 1 saturated heterocycles. The SMILES string of the molecule is CCC1CN(C(=N)N)CCN1c1nc2cccccc-2n1. The van der Waals surface area contributed by atoms with Crippen molar-refractivity contribution in [2.75, 3.05) is 24.5 Å². The Balaban J connectivity index is 1.88. The van der Waals surface area contributed by atoms with E-state index in [9.17, 15) is 0 Å². The van der Waals surface area contributed by atoms with Crippen molar-refractivity contribution in [1.82, 2.24) is 14.9 Å². The van der Waals surface area contributed by atoms with Crippen LogP contribution < -0.4 is 10.6 Å². The van der Waals surface area contributed by atoms with Gasteiger partial charge in [-0.05, 0) is 18.6 Å². The quantitative estimate of drug-likeness (QED) is 0.643. The molecule has 0 aromatic carbocycles. The lowest BCUT2D eigenvalue weighted by Crippen LogP contribution is -2.56. The van der Waals surface area contributed by atoms with Crippen LogP contribution in [0.25, 0.3) is 11.4 Å². The highest BCUT2D eigenvalue weighted by Gasteiger charge is 2.29. The summed E-state index contributed by atoms with van der Waals surface area (Å²) < 4.78 is 0. The average Bonchev–Trinajstić information content (AvgIpc) is 2.77. The van der Waals surface area contributed by atoms with Gasteiger partial charge < -0.3 is 15.5 Å². The van der Waals surface area contributed by atoms with Crippen molar-refractivity contribution in [3.8, 4) is 11.4 Å². The minimum Gasteiger partial charge on any atom is -0.370 e. The van der Waals surface area contributed by atoms with Crippen molar-refractivity contribution in [2.45, 2.75) is 19.4 Å². The first-order chi connectivity index (χ1) is 10.2. The van der Waals surface area contributed by atoms with Crippen molar-refractivity contribution in [3.05, 3.63) is 30.3 Å². The predicted molar refractivity (Wildman–Crippen MR) is 83.6 cm³/mol. The standard InChI is InChI=1S/C15H20N6/c1-2-11-10-20(14(16)17)8-9-21(11)15-18-12-6-4-3-5-7-13(12)19-15/h3-7,11H,2,8-10H2,1H3,(H3,16,17). The van der Waals surface area contributed by atoms with Gasteiger partial charge in [-0.2, -0.15) is 0 Å². The number of nitrogens with one attached hydrogen (secondary N) is 1. The maximum atomic E-state index is 7.59. The molecule has 21 heavy (non-hydrogen) atoms. The Morgan fingerprint density at radius 3 is 2.48 bits per heavy atom. The number of aromatic nitrogens is 2. The van der Waals surface area contributed by atoms with Gasteiger partial charge in [0.15, 0.2) is 5.96 Å². The highest BCUT2D eigenvalue weighted by molar-refractivity contribution is 5.75. The van der Waals surface area contributed by atoms with Crippen LogP contribution >= 0.6 is 0 Å².